The molecule has 4 nitrogen and oxygen atoms in total. The maximum absolute atomic E-state index is 9.87. The molecule has 3 atom stereocenters. The van der Waals surface area contributed by atoms with E-state index in [1.54, 1.807) is 13.1 Å². The van der Waals surface area contributed by atoms with E-state index < -0.39 is 6.10 Å². The molecule has 1 aromatic heterocycles. The molecular formula is C13H20N2O2. The first-order valence-corrected chi connectivity index (χ1v) is 6.15. The van der Waals surface area contributed by atoms with Crippen LogP contribution in [0, 0.1) is 5.92 Å². The van der Waals surface area contributed by atoms with E-state index in [2.05, 4.69) is 16.8 Å². The van der Waals surface area contributed by atoms with Gasteiger partial charge in [0.25, 0.3) is 0 Å². The number of aliphatic hydroxyl groups is 2. The van der Waals surface area contributed by atoms with Crippen LogP contribution in [0.1, 0.15) is 31.9 Å². The molecule has 0 aromatic carbocycles. The SMILES string of the molecule is CC1CCN(c2cc([C@H](C)O)ccn2)CC1O. The summed E-state index contributed by atoms with van der Waals surface area (Å²) in [6, 6.07) is 3.71. The van der Waals surface area contributed by atoms with Crippen LogP contribution in [0.15, 0.2) is 18.3 Å². The van der Waals surface area contributed by atoms with Gasteiger partial charge in [-0.15, -0.1) is 0 Å². The minimum Gasteiger partial charge on any atom is -0.391 e. The van der Waals surface area contributed by atoms with Crippen molar-refractivity contribution in [2.75, 3.05) is 18.0 Å². The first-order chi connectivity index (χ1) is 8.08. The zero-order valence-corrected chi connectivity index (χ0v) is 10.4. The molecule has 0 amide bonds. The van der Waals surface area contributed by atoms with Crippen molar-refractivity contribution in [3.8, 4) is 0 Å². The summed E-state index contributed by atoms with van der Waals surface area (Å²) in [5, 5.41) is 19.4. The van der Waals surface area contributed by atoms with Crippen LogP contribution in [0.4, 0.5) is 5.82 Å². The molecule has 4 heteroatoms. The molecule has 0 saturated carbocycles. The van der Waals surface area contributed by atoms with Crippen LogP contribution in [0.5, 0.6) is 0 Å². The molecule has 0 radical (unpaired) electrons. The Balaban J connectivity index is 2.14. The van der Waals surface area contributed by atoms with Gasteiger partial charge in [-0.2, -0.15) is 0 Å². The van der Waals surface area contributed by atoms with Crippen LogP contribution in [0.25, 0.3) is 0 Å². The lowest BCUT2D eigenvalue weighted by molar-refractivity contribution is 0.102. The highest BCUT2D eigenvalue weighted by atomic mass is 16.3. The Morgan fingerprint density at radius 1 is 1.53 bits per heavy atom. The average Bonchev–Trinajstić information content (AvgIpc) is 2.33. The fourth-order valence-corrected chi connectivity index (χ4v) is 2.12. The molecule has 1 aliphatic rings. The van der Waals surface area contributed by atoms with E-state index >= 15 is 0 Å². The molecule has 0 aliphatic carbocycles. The summed E-state index contributed by atoms with van der Waals surface area (Å²) in [5.74, 6) is 1.19. The molecule has 2 N–H and O–H groups in total. The Morgan fingerprint density at radius 2 is 2.29 bits per heavy atom. The smallest absolute Gasteiger partial charge is 0.128 e. The number of anilines is 1. The molecule has 94 valence electrons. The molecule has 2 heterocycles. The summed E-state index contributed by atoms with van der Waals surface area (Å²) >= 11 is 0. The summed E-state index contributed by atoms with van der Waals surface area (Å²) in [4.78, 5) is 6.39. The number of pyridine rings is 1. The molecule has 1 saturated heterocycles. The number of aliphatic hydroxyl groups excluding tert-OH is 2. The lowest BCUT2D eigenvalue weighted by Crippen LogP contribution is -2.43. The predicted molar refractivity (Wildman–Crippen MR) is 66.9 cm³/mol. The molecular weight excluding hydrogens is 216 g/mol. The van der Waals surface area contributed by atoms with Gasteiger partial charge in [0.2, 0.25) is 0 Å². The monoisotopic (exact) mass is 236 g/mol. The Hall–Kier alpha value is -1.13. The number of aromatic nitrogens is 1. The van der Waals surface area contributed by atoms with Gasteiger partial charge in [0, 0.05) is 19.3 Å². The maximum Gasteiger partial charge on any atom is 0.128 e. The molecule has 0 spiro atoms. The Labute approximate surface area is 102 Å². The zero-order chi connectivity index (χ0) is 12.4. The molecule has 2 rings (SSSR count). The van der Waals surface area contributed by atoms with E-state index in [1.807, 2.05) is 12.1 Å². The van der Waals surface area contributed by atoms with Gasteiger partial charge in [-0.05, 0) is 37.0 Å². The zero-order valence-electron chi connectivity index (χ0n) is 10.4. The van der Waals surface area contributed by atoms with Gasteiger partial charge in [-0.1, -0.05) is 6.92 Å². The second-order valence-electron chi connectivity index (χ2n) is 4.90. The molecule has 1 fully saturated rings. The Kier molecular flexibility index (Phi) is 3.64. The van der Waals surface area contributed by atoms with Crippen molar-refractivity contribution >= 4 is 5.82 Å². The first kappa shape index (κ1) is 12.3. The second kappa shape index (κ2) is 5.02. The number of nitrogens with zero attached hydrogens (tertiary/aromatic N) is 2. The number of piperidine rings is 1. The van der Waals surface area contributed by atoms with Crippen LogP contribution in [0.2, 0.25) is 0 Å². The van der Waals surface area contributed by atoms with Gasteiger partial charge in [-0.25, -0.2) is 4.98 Å². The van der Waals surface area contributed by atoms with Crippen molar-refractivity contribution in [3.63, 3.8) is 0 Å². The Bertz CT molecular complexity index is 381. The second-order valence-corrected chi connectivity index (χ2v) is 4.90. The summed E-state index contributed by atoms with van der Waals surface area (Å²) < 4.78 is 0. The first-order valence-electron chi connectivity index (χ1n) is 6.15. The largest absolute Gasteiger partial charge is 0.391 e. The number of β-amino-alcohol motifs (C(OH)–C–C–N with tert-alkyl or cyclic N) is 1. The van der Waals surface area contributed by atoms with E-state index in [0.717, 1.165) is 24.3 Å². The minimum absolute atomic E-state index is 0.291. The molecule has 1 aliphatic heterocycles. The molecule has 1 aromatic rings. The molecule has 2 unspecified atom stereocenters. The summed E-state index contributed by atoms with van der Waals surface area (Å²) in [5.41, 5.74) is 0.864. The van der Waals surface area contributed by atoms with E-state index in [9.17, 15) is 10.2 Å². The topological polar surface area (TPSA) is 56.6 Å². The van der Waals surface area contributed by atoms with Crippen molar-refractivity contribution in [3.05, 3.63) is 23.9 Å². The Morgan fingerprint density at radius 3 is 2.94 bits per heavy atom. The van der Waals surface area contributed by atoms with Crippen molar-refractivity contribution in [2.24, 2.45) is 5.92 Å². The fraction of sp³-hybridized carbons (Fsp3) is 0.615. The highest BCUT2D eigenvalue weighted by Crippen LogP contribution is 2.23. The third-order valence-corrected chi connectivity index (χ3v) is 3.49. The molecule has 0 bridgehead atoms. The minimum atomic E-state index is -0.481. The van der Waals surface area contributed by atoms with E-state index in [1.165, 1.54) is 0 Å². The van der Waals surface area contributed by atoms with Crippen molar-refractivity contribution in [1.82, 2.24) is 4.98 Å². The highest BCUT2D eigenvalue weighted by molar-refractivity contribution is 5.42. The number of hydrogen-bond donors (Lipinski definition) is 2. The predicted octanol–water partition coefficient (Wildman–Crippen LogP) is 1.34. The normalized spacial score (nSPS) is 26.9. The van der Waals surface area contributed by atoms with E-state index in [-0.39, 0.29) is 6.10 Å². The standard InChI is InChI=1S/C13H20N2O2/c1-9-4-6-15(8-12(9)17)13-7-11(10(2)16)3-5-14-13/h3,5,7,9-10,12,16-17H,4,6,8H2,1-2H3/t9?,10-,12?/m0/s1. The van der Waals surface area contributed by atoms with Crippen molar-refractivity contribution in [2.45, 2.75) is 32.5 Å². The van der Waals surface area contributed by atoms with Crippen LogP contribution in [-0.4, -0.2) is 34.4 Å². The summed E-state index contributed by atoms with van der Waals surface area (Å²) in [6.45, 7) is 5.35. The fourth-order valence-electron chi connectivity index (χ4n) is 2.12. The summed E-state index contributed by atoms with van der Waals surface area (Å²) in [7, 11) is 0. The highest BCUT2D eigenvalue weighted by Gasteiger charge is 2.25. The van der Waals surface area contributed by atoms with Gasteiger partial charge in [0.1, 0.15) is 5.82 Å². The van der Waals surface area contributed by atoms with Crippen LogP contribution >= 0.6 is 0 Å². The van der Waals surface area contributed by atoms with Gasteiger partial charge in [-0.3, -0.25) is 0 Å². The van der Waals surface area contributed by atoms with Gasteiger partial charge in [0.05, 0.1) is 12.2 Å². The third kappa shape index (κ3) is 2.76. The van der Waals surface area contributed by atoms with Gasteiger partial charge < -0.3 is 15.1 Å². The number of rotatable bonds is 2. The van der Waals surface area contributed by atoms with Crippen LogP contribution < -0.4 is 4.90 Å². The number of hydrogen-bond acceptors (Lipinski definition) is 4. The van der Waals surface area contributed by atoms with Gasteiger partial charge >= 0.3 is 0 Å². The average molecular weight is 236 g/mol. The van der Waals surface area contributed by atoms with Crippen LogP contribution in [0.3, 0.4) is 0 Å². The lowest BCUT2D eigenvalue weighted by Gasteiger charge is -2.35. The van der Waals surface area contributed by atoms with Gasteiger partial charge in [0.15, 0.2) is 0 Å². The van der Waals surface area contributed by atoms with Crippen molar-refractivity contribution in [1.29, 1.82) is 0 Å². The quantitative estimate of drug-likeness (QED) is 0.813. The van der Waals surface area contributed by atoms with Crippen molar-refractivity contribution < 1.29 is 10.2 Å². The summed E-state index contributed by atoms with van der Waals surface area (Å²) in [6.07, 6.45) is 1.91. The molecule has 17 heavy (non-hydrogen) atoms. The van der Waals surface area contributed by atoms with E-state index in [0.29, 0.717) is 12.5 Å². The van der Waals surface area contributed by atoms with Crippen LogP contribution in [-0.2, 0) is 0 Å². The third-order valence-electron chi connectivity index (χ3n) is 3.49. The maximum atomic E-state index is 9.87. The van der Waals surface area contributed by atoms with E-state index in [4.69, 9.17) is 0 Å². The lowest BCUT2D eigenvalue weighted by atomic mass is 9.96.